The molecular weight excluding hydrogens is 444 g/mol. The Labute approximate surface area is 203 Å². The van der Waals surface area contributed by atoms with Crippen molar-refractivity contribution >= 4 is 5.97 Å². The quantitative estimate of drug-likeness (QED) is 0.189. The van der Waals surface area contributed by atoms with E-state index >= 15 is 0 Å². The van der Waals surface area contributed by atoms with Gasteiger partial charge in [-0.15, -0.1) is 0 Å². The number of aryl methyl sites for hydroxylation is 1. The van der Waals surface area contributed by atoms with E-state index < -0.39 is 5.97 Å². The first-order valence-electron chi connectivity index (χ1n) is 11.4. The van der Waals surface area contributed by atoms with Gasteiger partial charge in [-0.25, -0.2) is 9.48 Å². The number of rotatable bonds is 10. The lowest BCUT2D eigenvalue weighted by Crippen LogP contribution is -2.25. The zero-order valence-corrected chi connectivity index (χ0v) is 19.4. The van der Waals surface area contributed by atoms with Gasteiger partial charge in [0.25, 0.3) is 5.56 Å². The van der Waals surface area contributed by atoms with Gasteiger partial charge in [0.1, 0.15) is 5.75 Å². The van der Waals surface area contributed by atoms with Crippen molar-refractivity contribution in [1.29, 1.82) is 0 Å². The smallest absolute Gasteiger partial charge is 0.352 e. The van der Waals surface area contributed by atoms with Crippen molar-refractivity contribution < 1.29 is 19.3 Å². The summed E-state index contributed by atoms with van der Waals surface area (Å²) in [7, 11) is 0. The Balaban J connectivity index is 1.44. The summed E-state index contributed by atoms with van der Waals surface area (Å²) in [5.41, 5.74) is 2.86. The molecule has 0 saturated heterocycles. The van der Waals surface area contributed by atoms with Crippen molar-refractivity contribution in [3.8, 4) is 11.5 Å². The van der Waals surface area contributed by atoms with Crippen LogP contribution in [0.15, 0.2) is 102 Å². The molecule has 0 atom stereocenters. The average molecular weight is 471 g/mol. The van der Waals surface area contributed by atoms with Crippen LogP contribution in [0.1, 0.15) is 36.1 Å². The summed E-state index contributed by atoms with van der Waals surface area (Å²) in [6.45, 7) is 2.04. The van der Waals surface area contributed by atoms with E-state index in [9.17, 15) is 9.59 Å². The predicted octanol–water partition coefficient (Wildman–Crippen LogP) is 4.75. The van der Waals surface area contributed by atoms with Crippen molar-refractivity contribution in [2.45, 2.75) is 25.8 Å². The van der Waals surface area contributed by atoms with E-state index in [1.165, 1.54) is 11.6 Å². The Morgan fingerprint density at radius 1 is 0.857 bits per heavy atom. The molecule has 4 rings (SSSR count). The van der Waals surface area contributed by atoms with E-state index in [-0.39, 0.29) is 11.5 Å². The Kier molecular flexibility index (Phi) is 7.91. The van der Waals surface area contributed by atoms with E-state index in [4.69, 9.17) is 14.7 Å². The molecule has 4 aromatic rings. The van der Waals surface area contributed by atoms with Crippen LogP contribution in [-0.4, -0.2) is 22.4 Å². The van der Waals surface area contributed by atoms with E-state index in [2.05, 4.69) is 29.2 Å². The first-order chi connectivity index (χ1) is 17.1. The van der Waals surface area contributed by atoms with Crippen molar-refractivity contribution in [2.75, 3.05) is 6.61 Å². The number of carbonyl (C=O) groups is 1. The minimum Gasteiger partial charge on any atom is -0.493 e. The van der Waals surface area contributed by atoms with E-state index in [1.807, 2.05) is 36.4 Å². The molecular formula is C28H26N2O5. The molecule has 0 spiro atoms. The van der Waals surface area contributed by atoms with Crippen LogP contribution >= 0.6 is 0 Å². The van der Waals surface area contributed by atoms with Crippen LogP contribution in [0.25, 0.3) is 0 Å². The average Bonchev–Trinajstić information content (AvgIpc) is 2.89. The number of hydrogen-bond acceptors (Lipinski definition) is 6. The largest absolute Gasteiger partial charge is 0.493 e. The van der Waals surface area contributed by atoms with Crippen LogP contribution in [-0.2, 0) is 16.2 Å². The molecule has 0 amide bonds. The van der Waals surface area contributed by atoms with E-state index in [0.717, 1.165) is 16.8 Å². The summed E-state index contributed by atoms with van der Waals surface area (Å²) in [4.78, 5) is 32.9. The third kappa shape index (κ3) is 6.57. The molecule has 7 nitrogen and oxygen atoms in total. The molecule has 0 saturated carbocycles. The van der Waals surface area contributed by atoms with Crippen LogP contribution in [0.5, 0.6) is 11.5 Å². The standard InChI is InChI=1S/C28H26N2O5/c1-21(31)34-35-25-15-8-14-24(20-25)33-19-9-18-30-27(32)17-16-26(29-30)28(22-10-4-2-5-11-22)23-12-6-3-7-13-23/h2-8,10-17,20,28H,9,18-19H2,1H3. The van der Waals surface area contributed by atoms with Gasteiger partial charge in [0, 0.05) is 32.0 Å². The topological polar surface area (TPSA) is 79.7 Å². The number of hydrogen-bond donors (Lipinski definition) is 0. The highest BCUT2D eigenvalue weighted by Gasteiger charge is 2.19. The fraction of sp³-hybridized carbons (Fsp3) is 0.179. The minimum absolute atomic E-state index is 0.0829. The molecule has 3 aromatic carbocycles. The molecule has 1 aromatic heterocycles. The van der Waals surface area contributed by atoms with Gasteiger partial charge in [-0.05, 0) is 29.3 Å². The molecule has 178 valence electrons. The summed E-state index contributed by atoms with van der Waals surface area (Å²) >= 11 is 0. The summed E-state index contributed by atoms with van der Waals surface area (Å²) in [5.74, 6) is 0.298. The number of ether oxygens (including phenoxy) is 1. The van der Waals surface area contributed by atoms with Crippen LogP contribution in [0.4, 0.5) is 0 Å². The third-order valence-corrected chi connectivity index (χ3v) is 5.29. The maximum absolute atomic E-state index is 12.5. The molecule has 1 heterocycles. The van der Waals surface area contributed by atoms with Gasteiger partial charge in [0.2, 0.25) is 0 Å². The maximum Gasteiger partial charge on any atom is 0.352 e. The number of aromatic nitrogens is 2. The number of benzene rings is 3. The molecule has 35 heavy (non-hydrogen) atoms. The second-order valence-corrected chi connectivity index (χ2v) is 7.91. The highest BCUT2D eigenvalue weighted by atomic mass is 17.2. The molecule has 0 radical (unpaired) electrons. The molecule has 0 aliphatic rings. The summed E-state index contributed by atoms with van der Waals surface area (Å²) < 4.78 is 7.25. The van der Waals surface area contributed by atoms with Crippen molar-refractivity contribution in [3.05, 3.63) is 124 Å². The zero-order chi connectivity index (χ0) is 24.5. The van der Waals surface area contributed by atoms with Crippen LogP contribution in [0, 0.1) is 0 Å². The van der Waals surface area contributed by atoms with Crippen LogP contribution in [0.2, 0.25) is 0 Å². The van der Waals surface area contributed by atoms with Crippen LogP contribution < -0.4 is 15.2 Å². The lowest BCUT2D eigenvalue weighted by atomic mass is 9.88. The molecule has 0 unspecified atom stereocenters. The van der Waals surface area contributed by atoms with Crippen molar-refractivity contribution in [1.82, 2.24) is 9.78 Å². The van der Waals surface area contributed by atoms with Gasteiger partial charge in [-0.2, -0.15) is 5.10 Å². The van der Waals surface area contributed by atoms with Gasteiger partial charge in [-0.3, -0.25) is 14.6 Å². The predicted molar refractivity (Wildman–Crippen MR) is 131 cm³/mol. The van der Waals surface area contributed by atoms with Gasteiger partial charge < -0.3 is 4.74 Å². The molecule has 0 fully saturated rings. The Bertz CT molecular complexity index is 1270. The van der Waals surface area contributed by atoms with Gasteiger partial charge >= 0.3 is 5.97 Å². The van der Waals surface area contributed by atoms with E-state index in [0.29, 0.717) is 31.1 Å². The number of nitrogens with zero attached hydrogens (tertiary/aromatic N) is 2. The first kappa shape index (κ1) is 23.8. The monoisotopic (exact) mass is 470 g/mol. The second-order valence-electron chi connectivity index (χ2n) is 7.91. The number of carbonyl (C=O) groups excluding carboxylic acids is 1. The molecule has 0 bridgehead atoms. The fourth-order valence-corrected chi connectivity index (χ4v) is 3.73. The minimum atomic E-state index is -0.543. The molecule has 7 heteroatoms. The third-order valence-electron chi connectivity index (χ3n) is 5.29. The highest BCUT2D eigenvalue weighted by Crippen LogP contribution is 2.30. The van der Waals surface area contributed by atoms with Gasteiger partial charge in [0.15, 0.2) is 5.75 Å². The Morgan fingerprint density at radius 2 is 1.51 bits per heavy atom. The molecule has 0 aliphatic heterocycles. The van der Waals surface area contributed by atoms with Crippen LogP contribution in [0.3, 0.4) is 0 Å². The lowest BCUT2D eigenvalue weighted by Gasteiger charge is -2.18. The summed E-state index contributed by atoms with van der Waals surface area (Å²) in [6, 6.07) is 30.4. The maximum atomic E-state index is 12.5. The Hall–Kier alpha value is -4.39. The molecule has 0 aliphatic carbocycles. The highest BCUT2D eigenvalue weighted by molar-refractivity contribution is 5.65. The fourth-order valence-electron chi connectivity index (χ4n) is 3.73. The van der Waals surface area contributed by atoms with Gasteiger partial charge in [-0.1, -0.05) is 66.7 Å². The summed E-state index contributed by atoms with van der Waals surface area (Å²) in [5, 5.41) is 4.71. The normalized spacial score (nSPS) is 10.7. The zero-order valence-electron chi connectivity index (χ0n) is 19.4. The second kappa shape index (κ2) is 11.7. The Morgan fingerprint density at radius 3 is 2.17 bits per heavy atom. The summed E-state index contributed by atoms with van der Waals surface area (Å²) in [6.07, 6.45) is 0.576. The SMILES string of the molecule is CC(=O)OOc1cccc(OCCCn2nc(C(c3ccccc3)c3ccccc3)ccc2=O)c1. The lowest BCUT2D eigenvalue weighted by molar-refractivity contribution is -0.210. The van der Waals surface area contributed by atoms with Crippen molar-refractivity contribution in [3.63, 3.8) is 0 Å². The van der Waals surface area contributed by atoms with Gasteiger partial charge in [0.05, 0.1) is 18.2 Å². The molecule has 0 N–H and O–H groups in total. The van der Waals surface area contributed by atoms with E-state index in [1.54, 1.807) is 36.4 Å². The first-order valence-corrected chi connectivity index (χ1v) is 11.4. The van der Waals surface area contributed by atoms with Crippen molar-refractivity contribution in [2.24, 2.45) is 0 Å².